The van der Waals surface area contributed by atoms with E-state index in [2.05, 4.69) is 83.2 Å². The topological polar surface area (TPSA) is 129 Å². The molecule has 0 aliphatic rings. The van der Waals surface area contributed by atoms with E-state index in [0.29, 0.717) is 0 Å². The first-order chi connectivity index (χ1) is 17.0. The lowest BCUT2D eigenvalue weighted by atomic mass is 10.2. The van der Waals surface area contributed by atoms with Crippen LogP contribution < -0.4 is 5.32 Å². The van der Waals surface area contributed by atoms with Crippen LogP contribution in [0, 0.1) is 0 Å². The maximum absolute atomic E-state index is 12.0. The first-order valence-electron chi connectivity index (χ1n) is 12.7. The van der Waals surface area contributed by atoms with Crippen LogP contribution in [0.15, 0.2) is 10.5 Å². The molecule has 0 saturated carbocycles. The van der Waals surface area contributed by atoms with Crippen molar-refractivity contribution in [1.29, 1.82) is 0 Å². The van der Waals surface area contributed by atoms with Gasteiger partial charge < -0.3 is 23.5 Å². The zero-order valence-electron chi connectivity index (χ0n) is 25.3. The van der Waals surface area contributed by atoms with Crippen molar-refractivity contribution in [3.8, 4) is 0 Å². The second-order valence-corrected chi connectivity index (χ2v) is 23.8. The number of rotatable bonds is 11. The van der Waals surface area contributed by atoms with Crippen molar-refractivity contribution < 1.29 is 33.1 Å². The molecule has 1 aromatic heterocycles. The fourth-order valence-corrected chi connectivity index (χ4v) is 5.05. The summed E-state index contributed by atoms with van der Waals surface area (Å²) in [5.74, 6) is -1.31. The van der Waals surface area contributed by atoms with E-state index in [9.17, 15) is 14.7 Å². The quantitative estimate of drug-likeness (QED) is 0.166. The number of amides is 1. The van der Waals surface area contributed by atoms with Gasteiger partial charge in [0.05, 0.1) is 13.2 Å². The normalized spacial score (nSPS) is 14.0. The minimum absolute atomic E-state index is 0.00847. The average Bonchev–Trinajstić information content (AvgIpc) is 3.13. The molecule has 38 heavy (non-hydrogen) atoms. The fourth-order valence-electron chi connectivity index (χ4n) is 2.30. The van der Waals surface area contributed by atoms with Crippen molar-refractivity contribution in [3.63, 3.8) is 0 Å². The lowest BCUT2D eigenvalue weighted by Gasteiger charge is -2.38. The van der Waals surface area contributed by atoms with Crippen LogP contribution in [0.4, 0.5) is 9.93 Å². The van der Waals surface area contributed by atoms with E-state index in [1.165, 1.54) is 5.38 Å². The van der Waals surface area contributed by atoms with Crippen LogP contribution >= 0.6 is 11.3 Å². The van der Waals surface area contributed by atoms with E-state index in [0.717, 1.165) is 11.3 Å². The molecule has 1 heterocycles. The number of aromatic nitrogens is 1. The molecule has 0 unspecified atom stereocenters. The van der Waals surface area contributed by atoms with Gasteiger partial charge in [0.1, 0.15) is 11.3 Å². The Morgan fingerprint density at radius 1 is 0.974 bits per heavy atom. The average molecular weight is 590 g/mol. The Balaban J connectivity index is 3.14. The van der Waals surface area contributed by atoms with E-state index < -0.39 is 40.4 Å². The number of thiazole rings is 1. The van der Waals surface area contributed by atoms with Crippen molar-refractivity contribution in [3.05, 3.63) is 11.1 Å². The lowest BCUT2D eigenvalue weighted by Crippen LogP contribution is -2.46. The molecule has 1 amide bonds. The lowest BCUT2D eigenvalue weighted by molar-refractivity contribution is -0.129. The number of anilines is 1. The first-order valence-corrected chi connectivity index (χ1v) is 19.4. The van der Waals surface area contributed by atoms with Gasteiger partial charge >= 0.3 is 12.1 Å². The van der Waals surface area contributed by atoms with Gasteiger partial charge in [0, 0.05) is 5.38 Å². The highest BCUT2D eigenvalue weighted by Gasteiger charge is 2.40. The zero-order valence-corrected chi connectivity index (χ0v) is 28.1. The molecule has 1 aromatic rings. The summed E-state index contributed by atoms with van der Waals surface area (Å²) in [5.41, 5.74) is -1.01. The molecule has 0 fully saturated rings. The second kappa shape index (κ2) is 12.6. The first kappa shape index (κ1) is 34.2. The van der Waals surface area contributed by atoms with Gasteiger partial charge in [0.2, 0.25) is 5.71 Å². The number of carboxylic acid groups (broad SMARTS) is 1. The maximum Gasteiger partial charge on any atom is 0.413 e. The van der Waals surface area contributed by atoms with Crippen LogP contribution in [0.25, 0.3) is 0 Å². The minimum atomic E-state index is -2.10. The molecule has 0 bridgehead atoms. The summed E-state index contributed by atoms with van der Waals surface area (Å²) in [6, 6.07) is 0. The number of aliphatic carboxylic acids is 1. The summed E-state index contributed by atoms with van der Waals surface area (Å²) < 4.78 is 17.9. The molecular formula is C25H47N3O7SSi2. The van der Waals surface area contributed by atoms with E-state index in [-0.39, 0.29) is 39.8 Å². The molecule has 0 aliphatic heterocycles. The summed E-state index contributed by atoms with van der Waals surface area (Å²) in [5, 5.41) is 17.9. The highest BCUT2D eigenvalue weighted by Crippen LogP contribution is 2.38. The zero-order chi connectivity index (χ0) is 29.7. The number of ether oxygens (including phenoxy) is 1. The number of hydrogen-bond acceptors (Lipinski definition) is 9. The summed E-state index contributed by atoms with van der Waals surface area (Å²) in [6.07, 6.45) is -1.31. The Bertz CT molecular complexity index is 960. The molecule has 13 heteroatoms. The van der Waals surface area contributed by atoms with Gasteiger partial charge in [-0.05, 0) is 57.0 Å². The largest absolute Gasteiger partial charge is 0.476 e. The van der Waals surface area contributed by atoms with Crippen molar-refractivity contribution in [1.82, 2.24) is 4.98 Å². The molecule has 0 aromatic carbocycles. The summed E-state index contributed by atoms with van der Waals surface area (Å²) in [6.45, 7) is 27.1. The van der Waals surface area contributed by atoms with Crippen LogP contribution in [0.3, 0.4) is 0 Å². The molecule has 10 nitrogen and oxygen atoms in total. The second-order valence-electron chi connectivity index (χ2n) is 13.3. The minimum Gasteiger partial charge on any atom is -0.476 e. The molecular weight excluding hydrogens is 543 g/mol. The van der Waals surface area contributed by atoms with Gasteiger partial charge in [-0.3, -0.25) is 5.32 Å². The van der Waals surface area contributed by atoms with Crippen LogP contribution in [-0.4, -0.2) is 69.4 Å². The predicted molar refractivity (Wildman–Crippen MR) is 157 cm³/mol. The van der Waals surface area contributed by atoms with Gasteiger partial charge in [0.25, 0.3) is 0 Å². The number of nitrogens with zero attached hydrogens (tertiary/aromatic N) is 2. The maximum atomic E-state index is 12.0. The summed E-state index contributed by atoms with van der Waals surface area (Å²) >= 11 is 1.06. The van der Waals surface area contributed by atoms with E-state index >= 15 is 0 Å². The van der Waals surface area contributed by atoms with Crippen LogP contribution in [0.1, 0.15) is 68.0 Å². The molecule has 0 radical (unpaired) electrons. The van der Waals surface area contributed by atoms with Gasteiger partial charge in [-0.2, -0.15) is 0 Å². The molecule has 0 spiro atoms. The highest BCUT2D eigenvalue weighted by molar-refractivity contribution is 7.14. The third-order valence-corrected chi connectivity index (χ3v) is 16.5. The van der Waals surface area contributed by atoms with Crippen molar-refractivity contribution in [2.45, 2.75) is 110 Å². The Labute approximate surface area is 233 Å². The number of nitrogens with one attached hydrogen (secondary N) is 1. The van der Waals surface area contributed by atoms with E-state index in [1.54, 1.807) is 20.8 Å². The standard InChI is InChI=1S/C25H47N3O7SSi2/c1-23(2,3)34-22(31)27-21-26-18(16-36-21)19(20(29)30)28-35-17(14-32-37(10,11)24(4,5)6)15-33-38(12,13)25(7,8)9/h16-17H,14-15H2,1-13H3,(H,29,30)(H,26,27,31)/b28-19-. The van der Waals surface area contributed by atoms with E-state index in [4.69, 9.17) is 18.4 Å². The number of carbonyl (C=O) groups excluding carboxylic acids is 1. The Kier molecular flexibility index (Phi) is 11.3. The summed E-state index contributed by atoms with van der Waals surface area (Å²) in [7, 11) is -4.21. The molecule has 1 rings (SSSR count). The van der Waals surface area contributed by atoms with Crippen molar-refractivity contribution in [2.24, 2.45) is 5.16 Å². The Morgan fingerprint density at radius 3 is 1.84 bits per heavy atom. The fraction of sp³-hybridized carbons (Fsp3) is 0.760. The Morgan fingerprint density at radius 2 is 1.45 bits per heavy atom. The summed E-state index contributed by atoms with van der Waals surface area (Å²) in [4.78, 5) is 34.0. The van der Waals surface area contributed by atoms with Crippen LogP contribution in [-0.2, 0) is 23.2 Å². The highest BCUT2D eigenvalue weighted by atomic mass is 32.1. The van der Waals surface area contributed by atoms with Gasteiger partial charge in [-0.1, -0.05) is 46.7 Å². The smallest absolute Gasteiger partial charge is 0.413 e. The van der Waals surface area contributed by atoms with Gasteiger partial charge in [-0.15, -0.1) is 11.3 Å². The number of carboxylic acids is 1. The predicted octanol–water partition coefficient (Wildman–Crippen LogP) is 6.71. The van der Waals surface area contributed by atoms with Crippen LogP contribution in [0.5, 0.6) is 0 Å². The van der Waals surface area contributed by atoms with Gasteiger partial charge in [-0.25, -0.2) is 14.6 Å². The molecule has 2 N–H and O–H groups in total. The third-order valence-electron chi connectivity index (χ3n) is 6.72. The van der Waals surface area contributed by atoms with E-state index in [1.807, 2.05) is 0 Å². The van der Waals surface area contributed by atoms with Crippen molar-refractivity contribution in [2.75, 3.05) is 18.5 Å². The SMILES string of the molecule is CC(C)(C)OC(=O)Nc1nc(/C(=N/OC(CO[Si](C)(C)C(C)(C)C)CO[Si](C)(C)C(C)(C)C)C(=O)O)cs1. The molecule has 0 aliphatic carbocycles. The third kappa shape index (κ3) is 10.8. The Hall–Kier alpha value is -1.81. The number of hydrogen-bond donors (Lipinski definition) is 2. The molecule has 0 atom stereocenters. The van der Waals surface area contributed by atoms with Crippen molar-refractivity contribution >= 4 is 50.9 Å². The number of carbonyl (C=O) groups is 2. The molecule has 218 valence electrons. The van der Waals surface area contributed by atoms with Gasteiger partial charge in [0.15, 0.2) is 27.9 Å². The number of oxime groups is 1. The van der Waals surface area contributed by atoms with Crippen LogP contribution in [0.2, 0.25) is 36.3 Å². The monoisotopic (exact) mass is 589 g/mol. The molecule has 0 saturated heterocycles.